The average molecular weight is 629 g/mol. The largest absolute Gasteiger partial charge is 0.355 e. The zero-order valence-corrected chi connectivity index (χ0v) is 26.0. The maximum absolute atomic E-state index is 13.8. The van der Waals surface area contributed by atoms with Crippen LogP contribution in [-0.2, 0) is 32.6 Å². The van der Waals surface area contributed by atoms with E-state index in [4.69, 9.17) is 0 Å². The first kappa shape index (κ1) is 31.4. The number of amides is 2. The van der Waals surface area contributed by atoms with Gasteiger partial charge in [-0.15, -0.1) is 0 Å². The van der Waals surface area contributed by atoms with Crippen LogP contribution >= 0.6 is 15.9 Å². The van der Waals surface area contributed by atoms with Gasteiger partial charge in [0.1, 0.15) is 6.04 Å². The van der Waals surface area contributed by atoms with Crippen molar-refractivity contribution in [3.8, 4) is 0 Å². The first-order valence-corrected chi connectivity index (χ1v) is 16.0. The van der Waals surface area contributed by atoms with Crippen molar-refractivity contribution in [2.75, 3.05) is 23.7 Å². The minimum Gasteiger partial charge on any atom is -0.355 e. The van der Waals surface area contributed by atoms with Crippen molar-refractivity contribution >= 4 is 43.5 Å². The molecule has 3 aromatic carbocycles. The van der Waals surface area contributed by atoms with E-state index in [0.717, 1.165) is 26.7 Å². The molecule has 0 aliphatic rings. The summed E-state index contributed by atoms with van der Waals surface area (Å²) in [5.74, 6) is -0.422. The second-order valence-corrected chi connectivity index (χ2v) is 12.9. The highest BCUT2D eigenvalue weighted by atomic mass is 79.9. The quantitative estimate of drug-likeness (QED) is 0.275. The number of nitrogens with one attached hydrogen (secondary N) is 1. The summed E-state index contributed by atoms with van der Waals surface area (Å²) in [6.07, 6.45) is 1.95. The van der Waals surface area contributed by atoms with Crippen molar-refractivity contribution in [3.63, 3.8) is 0 Å². The first-order chi connectivity index (χ1) is 19.0. The molecule has 0 heterocycles. The molecule has 0 aliphatic heterocycles. The minimum atomic E-state index is -3.56. The number of likely N-dealkylation sites (N-methyl/N-ethyl adjacent to an activating group) is 1. The van der Waals surface area contributed by atoms with Crippen LogP contribution in [-0.4, -0.2) is 50.5 Å². The SMILES string of the molecule is CCNC(=O)[C@H](Cc1ccccc1)N(Cc1ccc(Br)cc1)C(=O)CCCN(c1cc(C)cc(C)c1)S(C)(=O)=O. The third-order valence-corrected chi connectivity index (χ3v) is 8.26. The van der Waals surface area contributed by atoms with Gasteiger partial charge in [-0.1, -0.05) is 64.5 Å². The number of carbonyl (C=O) groups is 2. The lowest BCUT2D eigenvalue weighted by Gasteiger charge is -2.32. The second-order valence-electron chi connectivity index (χ2n) is 10.0. The Morgan fingerprint density at radius 1 is 0.925 bits per heavy atom. The Kier molecular flexibility index (Phi) is 11.3. The zero-order valence-electron chi connectivity index (χ0n) is 23.6. The smallest absolute Gasteiger partial charge is 0.243 e. The summed E-state index contributed by atoms with van der Waals surface area (Å²) >= 11 is 3.45. The maximum Gasteiger partial charge on any atom is 0.243 e. The van der Waals surface area contributed by atoms with Gasteiger partial charge in [-0.2, -0.15) is 0 Å². The number of halogens is 1. The molecule has 0 aromatic heterocycles. The molecule has 0 fully saturated rings. The first-order valence-electron chi connectivity index (χ1n) is 13.4. The number of aryl methyl sites for hydroxylation is 2. The van der Waals surface area contributed by atoms with Gasteiger partial charge in [-0.05, 0) is 73.7 Å². The molecule has 3 rings (SSSR count). The van der Waals surface area contributed by atoms with Gasteiger partial charge in [0.2, 0.25) is 21.8 Å². The van der Waals surface area contributed by atoms with E-state index >= 15 is 0 Å². The number of sulfonamides is 1. The van der Waals surface area contributed by atoms with Crippen molar-refractivity contribution in [3.05, 3.63) is 99.5 Å². The number of anilines is 1. The Morgan fingerprint density at radius 3 is 2.12 bits per heavy atom. The highest BCUT2D eigenvalue weighted by Crippen LogP contribution is 2.23. The number of nitrogens with zero attached hydrogens (tertiary/aromatic N) is 2. The van der Waals surface area contributed by atoms with Crippen LogP contribution in [0.1, 0.15) is 42.0 Å². The summed E-state index contributed by atoms with van der Waals surface area (Å²) in [5.41, 5.74) is 4.36. The molecule has 0 saturated carbocycles. The van der Waals surface area contributed by atoms with Gasteiger partial charge in [0.25, 0.3) is 0 Å². The Labute approximate surface area is 246 Å². The zero-order chi connectivity index (χ0) is 29.3. The van der Waals surface area contributed by atoms with Gasteiger partial charge >= 0.3 is 0 Å². The van der Waals surface area contributed by atoms with Crippen molar-refractivity contribution in [1.82, 2.24) is 10.2 Å². The highest BCUT2D eigenvalue weighted by molar-refractivity contribution is 9.10. The number of hydrogen-bond acceptors (Lipinski definition) is 4. The van der Waals surface area contributed by atoms with E-state index in [1.807, 2.05) is 93.6 Å². The van der Waals surface area contributed by atoms with Gasteiger partial charge in [0, 0.05) is 36.9 Å². The average Bonchev–Trinajstić information content (AvgIpc) is 2.89. The lowest BCUT2D eigenvalue weighted by atomic mass is 10.0. The van der Waals surface area contributed by atoms with E-state index < -0.39 is 16.1 Å². The van der Waals surface area contributed by atoms with Crippen molar-refractivity contribution in [2.24, 2.45) is 0 Å². The van der Waals surface area contributed by atoms with E-state index in [1.54, 1.807) is 4.90 Å². The number of hydrogen-bond donors (Lipinski definition) is 1. The Bertz CT molecular complexity index is 1380. The van der Waals surface area contributed by atoms with Crippen molar-refractivity contribution in [1.29, 1.82) is 0 Å². The summed E-state index contributed by atoms with van der Waals surface area (Å²) in [7, 11) is -3.56. The van der Waals surface area contributed by atoms with Crippen LogP contribution in [0, 0.1) is 13.8 Å². The minimum absolute atomic E-state index is 0.0953. The predicted octanol–water partition coefficient (Wildman–Crippen LogP) is 5.39. The van der Waals surface area contributed by atoms with Crippen LogP contribution in [0.15, 0.2) is 77.3 Å². The van der Waals surface area contributed by atoms with E-state index in [9.17, 15) is 18.0 Å². The molecule has 2 amide bonds. The van der Waals surface area contributed by atoms with Crippen LogP contribution in [0.4, 0.5) is 5.69 Å². The molecule has 0 unspecified atom stereocenters. The van der Waals surface area contributed by atoms with Crippen LogP contribution in [0.3, 0.4) is 0 Å². The Balaban J connectivity index is 1.87. The predicted molar refractivity (Wildman–Crippen MR) is 165 cm³/mol. The molecule has 214 valence electrons. The molecular formula is C31H38BrN3O4S. The Morgan fingerprint density at radius 2 is 1.55 bits per heavy atom. The lowest BCUT2D eigenvalue weighted by molar-refractivity contribution is -0.141. The fourth-order valence-corrected chi connectivity index (χ4v) is 5.94. The number of carbonyl (C=O) groups excluding carboxylic acids is 2. The number of benzene rings is 3. The molecule has 40 heavy (non-hydrogen) atoms. The molecule has 0 spiro atoms. The summed E-state index contributed by atoms with van der Waals surface area (Å²) in [4.78, 5) is 28.7. The third-order valence-electron chi connectivity index (χ3n) is 6.53. The van der Waals surface area contributed by atoms with Crippen molar-refractivity contribution in [2.45, 2.75) is 52.6 Å². The lowest BCUT2D eigenvalue weighted by Crippen LogP contribution is -2.50. The molecule has 1 atom stereocenters. The second kappa shape index (κ2) is 14.5. The third kappa shape index (κ3) is 9.20. The van der Waals surface area contributed by atoms with Crippen LogP contribution in [0.2, 0.25) is 0 Å². The molecule has 0 radical (unpaired) electrons. The molecular weight excluding hydrogens is 590 g/mol. The Hall–Kier alpha value is -3.17. The highest BCUT2D eigenvalue weighted by Gasteiger charge is 2.30. The summed E-state index contributed by atoms with van der Waals surface area (Å²) in [5, 5.41) is 2.89. The molecule has 3 aromatic rings. The molecule has 9 heteroatoms. The van der Waals surface area contributed by atoms with E-state index in [0.29, 0.717) is 25.1 Å². The topological polar surface area (TPSA) is 86.8 Å². The molecule has 0 saturated heterocycles. The van der Waals surface area contributed by atoms with E-state index in [-0.39, 0.29) is 31.3 Å². The van der Waals surface area contributed by atoms with E-state index in [1.165, 1.54) is 10.6 Å². The van der Waals surface area contributed by atoms with Gasteiger partial charge in [0.15, 0.2) is 0 Å². The normalized spacial score (nSPS) is 12.0. The van der Waals surface area contributed by atoms with Crippen LogP contribution in [0.25, 0.3) is 0 Å². The van der Waals surface area contributed by atoms with Crippen LogP contribution < -0.4 is 9.62 Å². The maximum atomic E-state index is 13.8. The summed E-state index contributed by atoms with van der Waals surface area (Å²) < 4.78 is 27.6. The van der Waals surface area contributed by atoms with Crippen molar-refractivity contribution < 1.29 is 18.0 Å². The van der Waals surface area contributed by atoms with Crippen LogP contribution in [0.5, 0.6) is 0 Å². The molecule has 7 nitrogen and oxygen atoms in total. The fourth-order valence-electron chi connectivity index (χ4n) is 4.73. The number of rotatable bonds is 13. The molecule has 1 N–H and O–H groups in total. The van der Waals surface area contributed by atoms with Gasteiger partial charge in [0.05, 0.1) is 11.9 Å². The van der Waals surface area contributed by atoms with Gasteiger partial charge in [-0.3, -0.25) is 13.9 Å². The van der Waals surface area contributed by atoms with Gasteiger partial charge < -0.3 is 10.2 Å². The fraction of sp³-hybridized carbons (Fsp3) is 0.355. The summed E-state index contributed by atoms with van der Waals surface area (Å²) in [6.45, 7) is 6.57. The molecule has 0 aliphatic carbocycles. The summed E-state index contributed by atoms with van der Waals surface area (Å²) in [6, 6.07) is 22.2. The van der Waals surface area contributed by atoms with E-state index in [2.05, 4.69) is 21.2 Å². The van der Waals surface area contributed by atoms with Gasteiger partial charge in [-0.25, -0.2) is 8.42 Å². The monoisotopic (exact) mass is 627 g/mol. The standard InChI is InChI=1S/C31H38BrN3O4S/c1-5-33-31(37)29(21-25-10-7-6-8-11-25)34(22-26-13-15-27(32)16-14-26)30(36)12-9-17-35(40(4,38)39)28-19-23(2)18-24(3)20-28/h6-8,10-11,13-16,18-20,29H,5,9,12,17,21-22H2,1-4H3,(H,33,37)/t29-/m0/s1. The molecule has 0 bridgehead atoms.